The molecule has 1 fully saturated rings. The maximum Gasteiger partial charge on any atom is 0.336 e. The Hall–Kier alpha value is -1.36. The molecule has 1 aromatic heterocycles. The number of para-hydroxylation sites is 1. The second kappa shape index (κ2) is 5.20. The van der Waals surface area contributed by atoms with E-state index in [1.165, 1.54) is 0 Å². The summed E-state index contributed by atoms with van der Waals surface area (Å²) in [7, 11) is 0. The van der Waals surface area contributed by atoms with E-state index in [1.54, 1.807) is 11.0 Å². The van der Waals surface area contributed by atoms with Gasteiger partial charge in [-0.3, -0.25) is 0 Å². The summed E-state index contributed by atoms with van der Waals surface area (Å²) in [5.41, 5.74) is 1.15. The third-order valence-corrected chi connectivity index (χ3v) is 5.79. The summed E-state index contributed by atoms with van der Waals surface area (Å²) < 4.78 is 7.70. The first-order chi connectivity index (χ1) is 9.63. The predicted molar refractivity (Wildman–Crippen MR) is 81.5 cm³/mol. The number of hydrogen-bond acceptors (Lipinski definition) is 3. The molecular weight excluding hydrogens is 318 g/mol. The molecule has 5 heteroatoms. The SMILES string of the molecule is CCC1(C)C(Br)CC1Oc1ncn(-c2ccccc2)n1. The number of halogens is 1. The Balaban J connectivity index is 1.73. The van der Waals surface area contributed by atoms with Gasteiger partial charge in [0.1, 0.15) is 12.4 Å². The topological polar surface area (TPSA) is 39.9 Å². The van der Waals surface area contributed by atoms with Gasteiger partial charge in [-0.25, -0.2) is 4.68 Å². The first-order valence-electron chi connectivity index (χ1n) is 6.91. The smallest absolute Gasteiger partial charge is 0.336 e. The molecule has 0 amide bonds. The van der Waals surface area contributed by atoms with Crippen molar-refractivity contribution in [1.82, 2.24) is 14.8 Å². The van der Waals surface area contributed by atoms with E-state index < -0.39 is 0 Å². The van der Waals surface area contributed by atoms with Crippen LogP contribution in [-0.2, 0) is 0 Å². The molecule has 0 spiro atoms. The average Bonchev–Trinajstić information content (AvgIpc) is 2.95. The van der Waals surface area contributed by atoms with Crippen LogP contribution in [0.15, 0.2) is 36.7 Å². The second-order valence-electron chi connectivity index (χ2n) is 5.48. The molecule has 0 aliphatic heterocycles. The zero-order valence-corrected chi connectivity index (χ0v) is 13.2. The Bertz CT molecular complexity index is 586. The normalized spacial score (nSPS) is 28.9. The molecule has 1 saturated carbocycles. The predicted octanol–water partition coefficient (Wildman–Crippen LogP) is 3.60. The van der Waals surface area contributed by atoms with Crippen LogP contribution in [0.4, 0.5) is 0 Å². The molecule has 1 aliphatic carbocycles. The van der Waals surface area contributed by atoms with E-state index in [4.69, 9.17) is 4.74 Å². The van der Waals surface area contributed by atoms with Crippen LogP contribution in [0.3, 0.4) is 0 Å². The van der Waals surface area contributed by atoms with Crippen molar-refractivity contribution in [3.05, 3.63) is 36.7 Å². The minimum atomic E-state index is 0.165. The van der Waals surface area contributed by atoms with Gasteiger partial charge in [-0.1, -0.05) is 48.0 Å². The summed E-state index contributed by atoms with van der Waals surface area (Å²) in [6.45, 7) is 4.44. The molecule has 0 radical (unpaired) electrons. The van der Waals surface area contributed by atoms with Gasteiger partial charge in [0.2, 0.25) is 0 Å². The summed E-state index contributed by atoms with van der Waals surface area (Å²) in [5.74, 6) is 0. The lowest BCUT2D eigenvalue weighted by Crippen LogP contribution is -2.54. The van der Waals surface area contributed by atoms with Gasteiger partial charge < -0.3 is 4.74 Å². The zero-order chi connectivity index (χ0) is 14.2. The van der Waals surface area contributed by atoms with E-state index in [0.29, 0.717) is 10.8 Å². The van der Waals surface area contributed by atoms with Crippen LogP contribution >= 0.6 is 15.9 Å². The molecule has 2 aromatic rings. The molecule has 1 aromatic carbocycles. The van der Waals surface area contributed by atoms with Gasteiger partial charge in [-0.2, -0.15) is 4.98 Å². The molecule has 0 bridgehead atoms. The lowest BCUT2D eigenvalue weighted by atomic mass is 9.66. The van der Waals surface area contributed by atoms with Crippen molar-refractivity contribution in [2.75, 3.05) is 0 Å². The van der Waals surface area contributed by atoms with Crippen LogP contribution in [0.2, 0.25) is 0 Å². The Morgan fingerprint density at radius 3 is 2.80 bits per heavy atom. The van der Waals surface area contributed by atoms with Crippen molar-refractivity contribution < 1.29 is 4.74 Å². The third-order valence-electron chi connectivity index (χ3n) is 4.37. The minimum absolute atomic E-state index is 0.165. The van der Waals surface area contributed by atoms with Crippen molar-refractivity contribution >= 4 is 15.9 Å². The van der Waals surface area contributed by atoms with Crippen LogP contribution < -0.4 is 4.74 Å². The fourth-order valence-electron chi connectivity index (χ4n) is 2.53. The molecule has 3 atom stereocenters. The molecule has 106 valence electrons. The van der Waals surface area contributed by atoms with Gasteiger partial charge in [0.25, 0.3) is 0 Å². The van der Waals surface area contributed by atoms with E-state index in [1.807, 2.05) is 30.3 Å². The van der Waals surface area contributed by atoms with Crippen molar-refractivity contribution in [2.24, 2.45) is 5.41 Å². The molecule has 3 rings (SSSR count). The van der Waals surface area contributed by atoms with Crippen LogP contribution in [0, 0.1) is 5.41 Å². The molecule has 0 saturated heterocycles. The van der Waals surface area contributed by atoms with Crippen LogP contribution in [-0.4, -0.2) is 25.7 Å². The van der Waals surface area contributed by atoms with Gasteiger partial charge in [-0.15, -0.1) is 5.10 Å². The van der Waals surface area contributed by atoms with E-state index in [-0.39, 0.29) is 11.5 Å². The van der Waals surface area contributed by atoms with E-state index >= 15 is 0 Å². The number of ether oxygens (including phenoxy) is 1. The van der Waals surface area contributed by atoms with Crippen LogP contribution in [0.5, 0.6) is 6.01 Å². The molecule has 3 unspecified atom stereocenters. The molecular formula is C15H18BrN3O. The van der Waals surface area contributed by atoms with Gasteiger partial charge in [-0.05, 0) is 25.0 Å². The van der Waals surface area contributed by atoms with Crippen molar-refractivity contribution in [2.45, 2.75) is 37.6 Å². The molecule has 4 nitrogen and oxygen atoms in total. The highest BCUT2D eigenvalue weighted by atomic mass is 79.9. The summed E-state index contributed by atoms with van der Waals surface area (Å²) in [6, 6.07) is 10.4. The Morgan fingerprint density at radius 1 is 1.40 bits per heavy atom. The number of hydrogen-bond donors (Lipinski definition) is 0. The summed E-state index contributed by atoms with van der Waals surface area (Å²) in [6.07, 6.45) is 3.96. The zero-order valence-electron chi connectivity index (χ0n) is 11.7. The van der Waals surface area contributed by atoms with Crippen molar-refractivity contribution in [3.8, 4) is 11.7 Å². The quantitative estimate of drug-likeness (QED) is 0.801. The monoisotopic (exact) mass is 335 g/mol. The number of benzene rings is 1. The van der Waals surface area contributed by atoms with Crippen LogP contribution in [0.1, 0.15) is 26.7 Å². The van der Waals surface area contributed by atoms with Crippen LogP contribution in [0.25, 0.3) is 5.69 Å². The Labute approximate surface area is 127 Å². The van der Waals surface area contributed by atoms with Gasteiger partial charge in [0, 0.05) is 10.2 Å². The molecule has 0 N–H and O–H groups in total. The number of nitrogens with zero attached hydrogens (tertiary/aromatic N) is 3. The first kappa shape index (κ1) is 13.6. The highest BCUT2D eigenvalue weighted by Gasteiger charge is 2.51. The number of rotatable bonds is 4. The Morgan fingerprint density at radius 2 is 2.15 bits per heavy atom. The van der Waals surface area contributed by atoms with Gasteiger partial charge in [0.05, 0.1) is 5.69 Å². The fourth-order valence-corrected chi connectivity index (χ4v) is 3.49. The van der Waals surface area contributed by atoms with E-state index in [2.05, 4.69) is 39.9 Å². The van der Waals surface area contributed by atoms with Crippen molar-refractivity contribution in [1.29, 1.82) is 0 Å². The highest BCUT2D eigenvalue weighted by Crippen LogP contribution is 2.49. The van der Waals surface area contributed by atoms with E-state index in [0.717, 1.165) is 18.5 Å². The first-order valence-corrected chi connectivity index (χ1v) is 7.83. The molecule has 1 aliphatic rings. The second-order valence-corrected chi connectivity index (χ2v) is 6.58. The maximum absolute atomic E-state index is 5.96. The third kappa shape index (κ3) is 2.24. The summed E-state index contributed by atoms with van der Waals surface area (Å²) in [5, 5.41) is 4.40. The molecule has 20 heavy (non-hydrogen) atoms. The van der Waals surface area contributed by atoms with E-state index in [9.17, 15) is 0 Å². The average molecular weight is 336 g/mol. The number of alkyl halides is 1. The maximum atomic E-state index is 5.96. The van der Waals surface area contributed by atoms with Gasteiger partial charge in [0.15, 0.2) is 0 Å². The summed E-state index contributed by atoms with van der Waals surface area (Å²) >= 11 is 3.71. The fraction of sp³-hybridized carbons (Fsp3) is 0.467. The lowest BCUT2D eigenvalue weighted by Gasteiger charge is -2.50. The number of aromatic nitrogens is 3. The molecule has 1 heterocycles. The minimum Gasteiger partial charge on any atom is -0.458 e. The summed E-state index contributed by atoms with van der Waals surface area (Å²) in [4.78, 5) is 4.77. The Kier molecular flexibility index (Phi) is 3.54. The van der Waals surface area contributed by atoms with Crippen molar-refractivity contribution in [3.63, 3.8) is 0 Å². The largest absolute Gasteiger partial charge is 0.458 e. The highest BCUT2D eigenvalue weighted by molar-refractivity contribution is 9.09. The standard InChI is InChI=1S/C15H18BrN3O/c1-3-15(2)12(16)9-13(15)20-14-17-10-19(18-14)11-7-5-4-6-8-11/h4-8,10,12-13H,3,9H2,1-2H3. The van der Waals surface area contributed by atoms with Gasteiger partial charge >= 0.3 is 6.01 Å². The lowest BCUT2D eigenvalue weighted by molar-refractivity contribution is -0.0298.